The molecule has 5 heteroatoms. The minimum atomic E-state index is 0. The summed E-state index contributed by atoms with van der Waals surface area (Å²) < 4.78 is 0. The summed E-state index contributed by atoms with van der Waals surface area (Å²) in [7, 11) is 0. The Morgan fingerprint density at radius 3 is 2.93 bits per heavy atom. The van der Waals surface area contributed by atoms with E-state index in [1.165, 1.54) is 0 Å². The molecule has 0 aliphatic carbocycles. The fraction of sp³-hybridized carbons (Fsp3) is 0.889. The van der Waals surface area contributed by atoms with Gasteiger partial charge in [0.25, 0.3) is 0 Å². The molecule has 2 atom stereocenters. The first-order valence-corrected chi connectivity index (χ1v) is 6.16. The summed E-state index contributed by atoms with van der Waals surface area (Å²) in [4.78, 5) is 11.5. The first-order chi connectivity index (χ1) is 6.24. The zero-order valence-corrected chi connectivity index (χ0v) is 10.3. The Bertz CT molecular complexity index is 174. The third kappa shape index (κ3) is 4.53. The summed E-state index contributed by atoms with van der Waals surface area (Å²) in [6.45, 7) is 3.03. The predicted octanol–water partition coefficient (Wildman–Crippen LogP) is 1.03. The molecule has 0 radical (unpaired) electrons. The van der Waals surface area contributed by atoms with Crippen molar-refractivity contribution in [2.75, 3.05) is 18.6 Å². The van der Waals surface area contributed by atoms with Gasteiger partial charge in [-0.3, -0.25) is 4.79 Å². The molecule has 1 rings (SSSR count). The van der Waals surface area contributed by atoms with Crippen molar-refractivity contribution in [2.45, 2.75) is 31.8 Å². The quantitative estimate of drug-likeness (QED) is 0.769. The van der Waals surface area contributed by atoms with Crippen LogP contribution >= 0.6 is 24.2 Å². The molecule has 1 unspecified atom stereocenters. The van der Waals surface area contributed by atoms with Crippen LogP contribution in [0.1, 0.15) is 19.8 Å². The molecule has 3 nitrogen and oxygen atoms in total. The van der Waals surface area contributed by atoms with Gasteiger partial charge in [0.15, 0.2) is 0 Å². The lowest BCUT2D eigenvalue weighted by molar-refractivity contribution is -0.123. The standard InChI is InChI=1S/C9H18N2OS.ClH/c1-7(6-13-2)11-9(12)8-4-3-5-10-8;/h7-8,10H,3-6H2,1-2H3,(H,11,12);1H/t7?,8-;/m0./s1. The van der Waals surface area contributed by atoms with E-state index in [1.54, 1.807) is 11.8 Å². The van der Waals surface area contributed by atoms with Crippen LogP contribution in [-0.2, 0) is 4.79 Å². The third-order valence-corrected chi connectivity index (χ3v) is 3.02. The number of thioether (sulfide) groups is 1. The lowest BCUT2D eigenvalue weighted by atomic mass is 10.2. The molecule has 0 aromatic carbocycles. The molecule has 0 aromatic rings. The number of carbonyl (C=O) groups is 1. The van der Waals surface area contributed by atoms with Crippen molar-refractivity contribution in [2.24, 2.45) is 0 Å². The number of amides is 1. The lowest BCUT2D eigenvalue weighted by Gasteiger charge is -2.16. The maximum absolute atomic E-state index is 11.5. The largest absolute Gasteiger partial charge is 0.351 e. The normalized spacial score (nSPS) is 22.6. The highest BCUT2D eigenvalue weighted by atomic mass is 35.5. The number of carbonyl (C=O) groups excluding carboxylic acids is 1. The molecular weight excluding hydrogens is 220 g/mol. The van der Waals surface area contributed by atoms with Gasteiger partial charge in [0.2, 0.25) is 5.91 Å². The molecule has 1 fully saturated rings. The molecule has 1 heterocycles. The van der Waals surface area contributed by atoms with Crippen molar-refractivity contribution in [3.8, 4) is 0 Å². The van der Waals surface area contributed by atoms with Crippen LogP contribution in [-0.4, -0.2) is 36.5 Å². The monoisotopic (exact) mass is 238 g/mol. The van der Waals surface area contributed by atoms with Gasteiger partial charge >= 0.3 is 0 Å². The lowest BCUT2D eigenvalue weighted by Crippen LogP contribution is -2.44. The summed E-state index contributed by atoms with van der Waals surface area (Å²) >= 11 is 1.76. The summed E-state index contributed by atoms with van der Waals surface area (Å²) in [6, 6.07) is 0.342. The van der Waals surface area contributed by atoms with E-state index in [9.17, 15) is 4.79 Å². The van der Waals surface area contributed by atoms with Crippen LogP contribution in [0, 0.1) is 0 Å². The van der Waals surface area contributed by atoms with E-state index in [4.69, 9.17) is 0 Å². The number of rotatable bonds is 4. The first kappa shape index (κ1) is 14.1. The van der Waals surface area contributed by atoms with E-state index in [0.717, 1.165) is 25.1 Å². The molecule has 0 bridgehead atoms. The highest BCUT2D eigenvalue weighted by Crippen LogP contribution is 2.05. The molecule has 14 heavy (non-hydrogen) atoms. The second-order valence-electron chi connectivity index (χ2n) is 3.51. The molecule has 1 aliphatic rings. The molecule has 1 amide bonds. The molecule has 2 N–H and O–H groups in total. The zero-order chi connectivity index (χ0) is 9.68. The maximum Gasteiger partial charge on any atom is 0.237 e. The average Bonchev–Trinajstić information content (AvgIpc) is 2.55. The zero-order valence-electron chi connectivity index (χ0n) is 8.71. The van der Waals surface area contributed by atoms with Crippen LogP contribution in [0.3, 0.4) is 0 Å². The van der Waals surface area contributed by atoms with Crippen LogP contribution in [0.5, 0.6) is 0 Å². The van der Waals surface area contributed by atoms with Gasteiger partial charge in [-0.1, -0.05) is 0 Å². The van der Waals surface area contributed by atoms with Crippen LogP contribution < -0.4 is 10.6 Å². The van der Waals surface area contributed by atoms with Crippen molar-refractivity contribution in [1.29, 1.82) is 0 Å². The van der Waals surface area contributed by atoms with Gasteiger partial charge in [-0.2, -0.15) is 11.8 Å². The molecule has 84 valence electrons. The highest BCUT2D eigenvalue weighted by molar-refractivity contribution is 7.98. The Morgan fingerprint density at radius 2 is 2.43 bits per heavy atom. The van der Waals surface area contributed by atoms with Crippen molar-refractivity contribution < 1.29 is 4.79 Å². The Morgan fingerprint density at radius 1 is 1.71 bits per heavy atom. The molecule has 1 saturated heterocycles. The predicted molar refractivity (Wildman–Crippen MR) is 64.3 cm³/mol. The van der Waals surface area contributed by atoms with Crippen molar-refractivity contribution >= 4 is 30.1 Å². The van der Waals surface area contributed by atoms with Gasteiger partial charge < -0.3 is 10.6 Å². The van der Waals surface area contributed by atoms with Crippen LogP contribution in [0.4, 0.5) is 0 Å². The first-order valence-electron chi connectivity index (χ1n) is 4.76. The van der Waals surface area contributed by atoms with E-state index in [-0.39, 0.29) is 30.4 Å². The van der Waals surface area contributed by atoms with Crippen LogP contribution in [0.15, 0.2) is 0 Å². The van der Waals surface area contributed by atoms with E-state index in [2.05, 4.69) is 16.9 Å². The minimum Gasteiger partial charge on any atom is -0.351 e. The van der Waals surface area contributed by atoms with Gasteiger partial charge in [-0.15, -0.1) is 12.4 Å². The number of nitrogens with one attached hydrogen (secondary N) is 2. The Labute approximate surface area is 96.2 Å². The summed E-state index contributed by atoms with van der Waals surface area (Å²) in [5.41, 5.74) is 0. The maximum atomic E-state index is 11.5. The summed E-state index contributed by atoms with van der Waals surface area (Å²) in [5.74, 6) is 1.15. The Hall–Kier alpha value is 0.0700. The van der Waals surface area contributed by atoms with Gasteiger partial charge in [-0.25, -0.2) is 0 Å². The fourth-order valence-electron chi connectivity index (χ4n) is 1.54. The fourth-order valence-corrected chi connectivity index (χ4v) is 2.13. The molecule has 0 aromatic heterocycles. The number of hydrogen-bond acceptors (Lipinski definition) is 3. The SMILES string of the molecule is CSCC(C)NC(=O)[C@@H]1CCCN1.Cl. The third-order valence-electron chi connectivity index (χ3n) is 2.18. The Balaban J connectivity index is 0.00000169. The number of hydrogen-bond donors (Lipinski definition) is 2. The second-order valence-corrected chi connectivity index (χ2v) is 4.42. The highest BCUT2D eigenvalue weighted by Gasteiger charge is 2.22. The average molecular weight is 239 g/mol. The van der Waals surface area contributed by atoms with E-state index < -0.39 is 0 Å². The van der Waals surface area contributed by atoms with Crippen molar-refractivity contribution in [3.63, 3.8) is 0 Å². The van der Waals surface area contributed by atoms with Gasteiger partial charge in [0.1, 0.15) is 0 Å². The molecule has 1 aliphatic heterocycles. The molecule has 0 spiro atoms. The van der Waals surface area contributed by atoms with E-state index >= 15 is 0 Å². The molecular formula is C9H19ClN2OS. The molecule has 0 saturated carbocycles. The van der Waals surface area contributed by atoms with Crippen molar-refractivity contribution in [3.05, 3.63) is 0 Å². The van der Waals surface area contributed by atoms with Gasteiger partial charge in [-0.05, 0) is 32.6 Å². The van der Waals surface area contributed by atoms with E-state index in [0.29, 0.717) is 0 Å². The summed E-state index contributed by atoms with van der Waals surface area (Å²) in [5, 5.41) is 6.19. The van der Waals surface area contributed by atoms with Crippen LogP contribution in [0.2, 0.25) is 0 Å². The second kappa shape index (κ2) is 7.37. The number of halogens is 1. The van der Waals surface area contributed by atoms with Gasteiger partial charge in [0.05, 0.1) is 6.04 Å². The summed E-state index contributed by atoms with van der Waals surface area (Å²) in [6.07, 6.45) is 4.16. The smallest absolute Gasteiger partial charge is 0.237 e. The van der Waals surface area contributed by atoms with Crippen LogP contribution in [0.25, 0.3) is 0 Å². The van der Waals surface area contributed by atoms with E-state index in [1.807, 2.05) is 6.92 Å². The Kier molecular flexibility index (Phi) is 7.41. The topological polar surface area (TPSA) is 41.1 Å². The van der Waals surface area contributed by atoms with Crippen molar-refractivity contribution in [1.82, 2.24) is 10.6 Å². The van der Waals surface area contributed by atoms with Gasteiger partial charge in [0, 0.05) is 11.8 Å². The minimum absolute atomic E-state index is 0.